The van der Waals surface area contributed by atoms with Gasteiger partial charge in [-0.25, -0.2) is 9.97 Å². The number of hydrogen-bond donors (Lipinski definition) is 3. The van der Waals surface area contributed by atoms with Gasteiger partial charge in [0.15, 0.2) is 11.5 Å². The number of alkyl halides is 3. The lowest BCUT2D eigenvalue weighted by Gasteiger charge is -2.17. The van der Waals surface area contributed by atoms with Crippen molar-refractivity contribution in [2.75, 3.05) is 25.5 Å². The second-order valence-corrected chi connectivity index (χ2v) is 7.51. The molecule has 0 aliphatic carbocycles. The zero-order chi connectivity index (χ0) is 23.8. The average molecular weight is 479 g/mol. The summed E-state index contributed by atoms with van der Waals surface area (Å²) >= 11 is 6.31. The number of likely N-dealkylation sites (N-methyl/N-ethyl adjacent to an activating group) is 1. The minimum absolute atomic E-state index is 0.139. The minimum atomic E-state index is -4.60. The number of fused-ring (bicyclic) bond motifs is 1. The predicted molar refractivity (Wildman–Crippen MR) is 116 cm³/mol. The van der Waals surface area contributed by atoms with Crippen molar-refractivity contribution in [2.45, 2.75) is 6.18 Å². The van der Waals surface area contributed by atoms with Gasteiger partial charge < -0.3 is 16.0 Å². The Labute approximate surface area is 190 Å². The summed E-state index contributed by atoms with van der Waals surface area (Å²) in [6.45, 7) is 0.709. The highest BCUT2D eigenvalue weighted by Gasteiger charge is 2.36. The van der Waals surface area contributed by atoms with Crippen LogP contribution in [-0.2, 0) is 6.18 Å². The maximum atomic E-state index is 13.3. The largest absolute Gasteiger partial charge is 0.433 e. The van der Waals surface area contributed by atoms with Crippen molar-refractivity contribution >= 4 is 34.7 Å². The summed E-state index contributed by atoms with van der Waals surface area (Å²) in [6, 6.07) is 4.76. The van der Waals surface area contributed by atoms with E-state index in [0.29, 0.717) is 30.0 Å². The second kappa shape index (κ2) is 8.71. The molecule has 1 amide bonds. The van der Waals surface area contributed by atoms with E-state index in [0.717, 1.165) is 6.20 Å². The minimum Gasteiger partial charge on any atom is -0.340 e. The average Bonchev–Trinajstić information content (AvgIpc) is 3.41. The van der Waals surface area contributed by atoms with E-state index in [9.17, 15) is 18.0 Å². The van der Waals surface area contributed by atoms with Crippen molar-refractivity contribution in [3.05, 3.63) is 59.3 Å². The normalized spacial score (nSPS) is 11.7. The zero-order valence-corrected chi connectivity index (χ0v) is 17.9. The number of nitrogens with two attached hydrogens (primary N) is 1. The molecule has 0 radical (unpaired) electrons. The molecule has 0 unspecified atom stereocenters. The quantitative estimate of drug-likeness (QED) is 0.390. The summed E-state index contributed by atoms with van der Waals surface area (Å²) in [5, 5.41) is 8.78. The molecule has 0 saturated heterocycles. The lowest BCUT2D eigenvalue weighted by atomic mass is 10.1. The Balaban J connectivity index is 1.66. The molecule has 4 N–H and O–H groups in total. The van der Waals surface area contributed by atoms with Crippen LogP contribution in [0.2, 0.25) is 5.02 Å². The van der Waals surface area contributed by atoms with Gasteiger partial charge in [0, 0.05) is 38.2 Å². The van der Waals surface area contributed by atoms with Crippen LogP contribution in [0.25, 0.3) is 16.9 Å². The van der Waals surface area contributed by atoms with Crippen LogP contribution in [0.5, 0.6) is 0 Å². The molecule has 4 rings (SSSR count). The molecule has 4 aromatic rings. The van der Waals surface area contributed by atoms with Crippen molar-refractivity contribution in [1.29, 1.82) is 0 Å². The molecule has 0 bridgehead atoms. The molecular formula is C20H18ClF3N8O. The first-order valence-corrected chi connectivity index (χ1v) is 10.0. The van der Waals surface area contributed by atoms with E-state index in [1.54, 1.807) is 25.2 Å². The van der Waals surface area contributed by atoms with Gasteiger partial charge in [0.25, 0.3) is 5.91 Å². The van der Waals surface area contributed by atoms with Gasteiger partial charge in [-0.15, -0.1) is 0 Å². The number of carbonyl (C=O) groups excluding carboxylic acids is 1. The van der Waals surface area contributed by atoms with Gasteiger partial charge in [-0.3, -0.25) is 14.3 Å². The third-order valence-electron chi connectivity index (χ3n) is 4.90. The summed E-state index contributed by atoms with van der Waals surface area (Å²) < 4.78 is 41.3. The standard InChI is InChI=1S/C20H18ClF3N8O/c1-31(6-4-25)19(33)12-3-2-11(8-14(12)21)29-17-18-27-10-15(32(18)7-5-26-17)13-9-28-30-16(13)20(22,23)24/h2-3,5,7-10H,4,6,25H2,1H3,(H,26,29)(H,28,30). The predicted octanol–water partition coefficient (Wildman–Crippen LogP) is 3.57. The Kier molecular flexibility index (Phi) is 5.95. The van der Waals surface area contributed by atoms with Crippen molar-refractivity contribution < 1.29 is 18.0 Å². The van der Waals surface area contributed by atoms with Gasteiger partial charge in [-0.2, -0.15) is 18.3 Å². The fourth-order valence-electron chi connectivity index (χ4n) is 3.31. The van der Waals surface area contributed by atoms with Crippen LogP contribution in [0.1, 0.15) is 16.1 Å². The van der Waals surface area contributed by atoms with E-state index in [-0.39, 0.29) is 28.0 Å². The highest BCUT2D eigenvalue weighted by molar-refractivity contribution is 6.34. The monoisotopic (exact) mass is 478 g/mol. The van der Waals surface area contributed by atoms with Crippen LogP contribution >= 0.6 is 11.6 Å². The lowest BCUT2D eigenvalue weighted by molar-refractivity contribution is -0.140. The van der Waals surface area contributed by atoms with Crippen molar-refractivity contribution in [1.82, 2.24) is 29.5 Å². The molecule has 33 heavy (non-hydrogen) atoms. The number of aromatic amines is 1. The molecule has 0 fully saturated rings. The molecule has 13 heteroatoms. The van der Waals surface area contributed by atoms with E-state index in [1.807, 2.05) is 5.10 Å². The highest BCUT2D eigenvalue weighted by Crippen LogP contribution is 2.36. The first kappa shape index (κ1) is 22.6. The maximum Gasteiger partial charge on any atom is 0.433 e. The van der Waals surface area contributed by atoms with Gasteiger partial charge in [0.05, 0.1) is 34.2 Å². The highest BCUT2D eigenvalue weighted by atomic mass is 35.5. The zero-order valence-electron chi connectivity index (χ0n) is 17.2. The summed E-state index contributed by atoms with van der Waals surface area (Å²) in [5.41, 5.74) is 5.69. The number of benzene rings is 1. The van der Waals surface area contributed by atoms with Crippen LogP contribution in [0.15, 0.2) is 43.0 Å². The van der Waals surface area contributed by atoms with Crippen LogP contribution in [0.4, 0.5) is 24.7 Å². The number of H-pyrrole nitrogens is 1. The number of halogens is 4. The third kappa shape index (κ3) is 4.34. The molecule has 0 aliphatic rings. The molecule has 9 nitrogen and oxygen atoms in total. The van der Waals surface area contributed by atoms with Gasteiger partial charge in [0.2, 0.25) is 0 Å². The molecule has 0 spiro atoms. The van der Waals surface area contributed by atoms with Gasteiger partial charge in [-0.05, 0) is 18.2 Å². The Morgan fingerprint density at radius 3 is 2.79 bits per heavy atom. The summed E-state index contributed by atoms with van der Waals surface area (Å²) in [7, 11) is 1.63. The number of anilines is 2. The molecular weight excluding hydrogens is 461 g/mol. The Morgan fingerprint density at radius 2 is 2.09 bits per heavy atom. The lowest BCUT2D eigenvalue weighted by Crippen LogP contribution is -2.31. The maximum absolute atomic E-state index is 13.3. The van der Waals surface area contributed by atoms with Crippen LogP contribution in [-0.4, -0.2) is 55.5 Å². The van der Waals surface area contributed by atoms with Gasteiger partial charge in [0.1, 0.15) is 5.69 Å². The number of nitrogens with zero attached hydrogens (tertiary/aromatic N) is 5. The van der Waals surface area contributed by atoms with Crippen molar-refractivity contribution in [3.63, 3.8) is 0 Å². The van der Waals surface area contributed by atoms with Crippen LogP contribution in [0, 0.1) is 0 Å². The number of amides is 1. The molecule has 0 aliphatic heterocycles. The molecule has 0 saturated carbocycles. The van der Waals surface area contributed by atoms with Crippen LogP contribution in [0.3, 0.4) is 0 Å². The van der Waals surface area contributed by atoms with E-state index >= 15 is 0 Å². The second-order valence-electron chi connectivity index (χ2n) is 7.10. The number of aromatic nitrogens is 5. The van der Waals surface area contributed by atoms with E-state index in [1.165, 1.54) is 27.9 Å². The number of imidazole rings is 1. The molecule has 3 aromatic heterocycles. The topological polar surface area (TPSA) is 117 Å². The first-order valence-electron chi connectivity index (χ1n) is 9.65. The Bertz CT molecular complexity index is 1320. The van der Waals surface area contributed by atoms with Crippen molar-refractivity contribution in [2.24, 2.45) is 5.73 Å². The number of nitrogens with one attached hydrogen (secondary N) is 2. The molecule has 1 aromatic carbocycles. The SMILES string of the molecule is CN(CCN)C(=O)c1ccc(Nc2nccn3c(-c4cn[nH]c4C(F)(F)F)cnc23)cc1Cl. The van der Waals surface area contributed by atoms with Crippen molar-refractivity contribution in [3.8, 4) is 11.3 Å². The summed E-state index contributed by atoms with van der Waals surface area (Å²) in [5.74, 6) is 0.0203. The molecule has 3 heterocycles. The van der Waals surface area contributed by atoms with E-state index in [2.05, 4.69) is 20.4 Å². The number of rotatable bonds is 6. The summed E-state index contributed by atoms with van der Waals surface area (Å²) in [6.07, 6.45) is 0.729. The van der Waals surface area contributed by atoms with E-state index < -0.39 is 11.9 Å². The molecule has 0 atom stereocenters. The first-order chi connectivity index (χ1) is 15.7. The van der Waals surface area contributed by atoms with Gasteiger partial charge in [-0.1, -0.05) is 11.6 Å². The number of carbonyl (C=O) groups is 1. The van der Waals surface area contributed by atoms with Gasteiger partial charge >= 0.3 is 6.18 Å². The van der Waals surface area contributed by atoms with E-state index in [4.69, 9.17) is 17.3 Å². The summed E-state index contributed by atoms with van der Waals surface area (Å²) in [4.78, 5) is 22.4. The fraction of sp³-hybridized carbons (Fsp3) is 0.200. The Hall–Kier alpha value is -3.64. The fourth-order valence-corrected chi connectivity index (χ4v) is 3.57. The third-order valence-corrected chi connectivity index (χ3v) is 5.21. The smallest absolute Gasteiger partial charge is 0.340 e. The number of hydrogen-bond acceptors (Lipinski definition) is 6. The molecule has 172 valence electrons. The van der Waals surface area contributed by atoms with Crippen LogP contribution < -0.4 is 11.1 Å². The Morgan fingerprint density at radius 1 is 1.30 bits per heavy atom.